The molecular formula is C16H22N2O2. The van der Waals surface area contributed by atoms with Crippen LogP contribution in [0.5, 0.6) is 0 Å². The van der Waals surface area contributed by atoms with Crippen molar-refractivity contribution in [2.24, 2.45) is 23.2 Å². The van der Waals surface area contributed by atoms with Gasteiger partial charge in [0.1, 0.15) is 6.26 Å². The fraction of sp³-hybridized carbons (Fsp3) is 0.750. The second-order valence-electron chi connectivity index (χ2n) is 7.18. The summed E-state index contributed by atoms with van der Waals surface area (Å²) in [7, 11) is 0. The number of nitrogens with one attached hydrogen (secondary N) is 1. The highest BCUT2D eigenvalue weighted by Crippen LogP contribution is 2.60. The van der Waals surface area contributed by atoms with Gasteiger partial charge in [0.05, 0.1) is 5.69 Å². The summed E-state index contributed by atoms with van der Waals surface area (Å²) >= 11 is 0. The Morgan fingerprint density at radius 2 is 1.90 bits per heavy atom. The van der Waals surface area contributed by atoms with Gasteiger partial charge in [0.25, 0.3) is 0 Å². The zero-order valence-corrected chi connectivity index (χ0v) is 11.8. The molecule has 4 fully saturated rings. The Morgan fingerprint density at radius 3 is 2.45 bits per heavy atom. The number of hydrogen-bond acceptors (Lipinski definition) is 3. The lowest BCUT2D eigenvalue weighted by Gasteiger charge is -2.55. The van der Waals surface area contributed by atoms with Crippen LogP contribution in [0.25, 0.3) is 0 Å². The molecule has 4 nitrogen and oxygen atoms in total. The van der Waals surface area contributed by atoms with Gasteiger partial charge in [-0.2, -0.15) is 0 Å². The summed E-state index contributed by atoms with van der Waals surface area (Å²) < 4.78 is 4.95. The highest BCUT2D eigenvalue weighted by molar-refractivity contribution is 5.83. The van der Waals surface area contributed by atoms with Gasteiger partial charge in [-0.25, -0.2) is 4.98 Å². The van der Waals surface area contributed by atoms with Crippen LogP contribution in [0.1, 0.15) is 44.2 Å². The second-order valence-corrected chi connectivity index (χ2v) is 7.18. The predicted molar refractivity (Wildman–Crippen MR) is 73.8 cm³/mol. The summed E-state index contributed by atoms with van der Waals surface area (Å²) in [5.74, 6) is 2.77. The average molecular weight is 274 g/mol. The van der Waals surface area contributed by atoms with Crippen molar-refractivity contribution in [2.75, 3.05) is 6.54 Å². The number of oxazole rings is 1. The van der Waals surface area contributed by atoms with E-state index in [0.717, 1.165) is 49.1 Å². The zero-order chi connectivity index (χ0) is 13.6. The molecule has 4 heteroatoms. The Hall–Kier alpha value is -1.32. The van der Waals surface area contributed by atoms with E-state index in [1.54, 1.807) is 6.26 Å². The van der Waals surface area contributed by atoms with Crippen LogP contribution in [0.3, 0.4) is 0 Å². The smallest absolute Gasteiger partial charge is 0.226 e. The van der Waals surface area contributed by atoms with Crippen molar-refractivity contribution in [3.8, 4) is 0 Å². The van der Waals surface area contributed by atoms with E-state index >= 15 is 0 Å². The number of hydrogen-bond donors (Lipinski definition) is 1. The van der Waals surface area contributed by atoms with Crippen molar-refractivity contribution in [2.45, 2.75) is 44.9 Å². The molecule has 0 atom stereocenters. The topological polar surface area (TPSA) is 55.1 Å². The molecule has 108 valence electrons. The van der Waals surface area contributed by atoms with E-state index in [-0.39, 0.29) is 5.41 Å². The predicted octanol–water partition coefficient (Wildman–Crippen LogP) is 2.55. The van der Waals surface area contributed by atoms with Crippen molar-refractivity contribution in [1.82, 2.24) is 10.3 Å². The molecule has 4 aliphatic rings. The summed E-state index contributed by atoms with van der Waals surface area (Å²) in [4.78, 5) is 16.8. The molecule has 20 heavy (non-hydrogen) atoms. The van der Waals surface area contributed by atoms with Crippen molar-refractivity contribution in [1.29, 1.82) is 0 Å². The second kappa shape index (κ2) is 4.61. The van der Waals surface area contributed by atoms with Gasteiger partial charge in [0.15, 0.2) is 6.39 Å². The summed E-state index contributed by atoms with van der Waals surface area (Å²) in [5.41, 5.74) is 0.884. The summed E-state index contributed by atoms with van der Waals surface area (Å²) in [6.07, 6.45) is 11.4. The summed E-state index contributed by atoms with van der Waals surface area (Å²) in [5, 5.41) is 3.16. The van der Waals surface area contributed by atoms with Gasteiger partial charge in [0, 0.05) is 18.4 Å². The highest BCUT2D eigenvalue weighted by atomic mass is 16.3. The van der Waals surface area contributed by atoms with Gasteiger partial charge in [-0.1, -0.05) is 0 Å². The molecule has 4 saturated carbocycles. The van der Waals surface area contributed by atoms with Crippen LogP contribution in [0.2, 0.25) is 0 Å². The van der Waals surface area contributed by atoms with Crippen molar-refractivity contribution in [3.63, 3.8) is 0 Å². The third-order valence-electron chi connectivity index (χ3n) is 5.67. The first-order valence-electron chi connectivity index (χ1n) is 7.89. The number of carbonyl (C=O) groups excluding carboxylic acids is 1. The minimum atomic E-state index is -0.0292. The lowest BCUT2D eigenvalue weighted by molar-refractivity contribution is -0.146. The molecule has 1 aromatic heterocycles. The minimum absolute atomic E-state index is 0.0292. The van der Waals surface area contributed by atoms with E-state index in [1.165, 1.54) is 25.7 Å². The molecule has 0 saturated heterocycles. The summed E-state index contributed by atoms with van der Waals surface area (Å²) in [6, 6.07) is 0. The molecule has 1 heterocycles. The lowest BCUT2D eigenvalue weighted by Crippen LogP contribution is -2.53. The Bertz CT molecular complexity index is 459. The molecule has 4 aliphatic carbocycles. The van der Waals surface area contributed by atoms with Crippen LogP contribution in [0, 0.1) is 23.2 Å². The summed E-state index contributed by atoms with van der Waals surface area (Å²) in [6.45, 7) is 0.674. The minimum Gasteiger partial charge on any atom is -0.451 e. The third-order valence-corrected chi connectivity index (χ3v) is 5.67. The molecular weight excluding hydrogens is 252 g/mol. The number of nitrogens with zero attached hydrogens (tertiary/aromatic N) is 1. The number of rotatable bonds is 4. The quantitative estimate of drug-likeness (QED) is 0.918. The first-order chi connectivity index (χ1) is 9.73. The Kier molecular flexibility index (Phi) is 2.86. The molecule has 0 aliphatic heterocycles. The van der Waals surface area contributed by atoms with Crippen LogP contribution >= 0.6 is 0 Å². The van der Waals surface area contributed by atoms with Crippen LogP contribution in [-0.2, 0) is 11.2 Å². The zero-order valence-electron chi connectivity index (χ0n) is 11.8. The normalized spacial score (nSPS) is 38.1. The molecule has 4 bridgehead atoms. The SMILES string of the molecule is O=C(NCCc1cocn1)C12CC3CC(CC(C3)C1)C2. The molecule has 1 N–H and O–H groups in total. The van der Waals surface area contributed by atoms with Crippen molar-refractivity contribution in [3.05, 3.63) is 18.4 Å². The number of amides is 1. The Balaban J connectivity index is 1.38. The largest absolute Gasteiger partial charge is 0.451 e. The number of carbonyl (C=O) groups is 1. The third kappa shape index (κ3) is 2.05. The van der Waals surface area contributed by atoms with E-state index in [0.29, 0.717) is 12.5 Å². The standard InChI is InChI=1S/C16H22N2O2/c19-15(17-2-1-14-9-20-10-18-14)16-6-11-3-12(7-16)5-13(4-11)8-16/h9-13H,1-8H2,(H,17,19). The van der Waals surface area contributed by atoms with Crippen LogP contribution in [0.15, 0.2) is 17.1 Å². The van der Waals surface area contributed by atoms with Gasteiger partial charge in [-0.05, 0) is 56.3 Å². The van der Waals surface area contributed by atoms with Gasteiger partial charge >= 0.3 is 0 Å². The molecule has 5 rings (SSSR count). The van der Waals surface area contributed by atoms with Crippen LogP contribution in [0.4, 0.5) is 0 Å². The van der Waals surface area contributed by atoms with Gasteiger partial charge in [-0.15, -0.1) is 0 Å². The van der Waals surface area contributed by atoms with E-state index in [2.05, 4.69) is 10.3 Å². The van der Waals surface area contributed by atoms with Crippen LogP contribution < -0.4 is 5.32 Å². The molecule has 0 aromatic carbocycles. The fourth-order valence-corrected chi connectivity index (χ4v) is 5.24. The first kappa shape index (κ1) is 12.4. The highest BCUT2D eigenvalue weighted by Gasteiger charge is 2.54. The Labute approximate surface area is 119 Å². The van der Waals surface area contributed by atoms with Crippen molar-refractivity contribution >= 4 is 5.91 Å². The monoisotopic (exact) mass is 274 g/mol. The van der Waals surface area contributed by atoms with Gasteiger partial charge in [0.2, 0.25) is 5.91 Å². The van der Waals surface area contributed by atoms with E-state index < -0.39 is 0 Å². The first-order valence-corrected chi connectivity index (χ1v) is 7.89. The van der Waals surface area contributed by atoms with Crippen molar-refractivity contribution < 1.29 is 9.21 Å². The van der Waals surface area contributed by atoms with E-state index in [4.69, 9.17) is 4.42 Å². The van der Waals surface area contributed by atoms with Gasteiger partial charge in [-0.3, -0.25) is 4.79 Å². The molecule has 1 amide bonds. The van der Waals surface area contributed by atoms with E-state index in [9.17, 15) is 4.79 Å². The average Bonchev–Trinajstić information content (AvgIpc) is 2.90. The maximum absolute atomic E-state index is 12.7. The van der Waals surface area contributed by atoms with Crippen LogP contribution in [-0.4, -0.2) is 17.4 Å². The number of aromatic nitrogens is 1. The maximum atomic E-state index is 12.7. The molecule has 0 radical (unpaired) electrons. The fourth-order valence-electron chi connectivity index (χ4n) is 5.24. The molecule has 0 unspecified atom stereocenters. The molecule has 0 spiro atoms. The molecule has 1 aromatic rings. The van der Waals surface area contributed by atoms with E-state index in [1.807, 2.05) is 0 Å². The van der Waals surface area contributed by atoms with Gasteiger partial charge < -0.3 is 9.73 Å². The maximum Gasteiger partial charge on any atom is 0.226 e. The lowest BCUT2D eigenvalue weighted by atomic mass is 9.49. The Morgan fingerprint density at radius 1 is 1.25 bits per heavy atom.